The van der Waals surface area contributed by atoms with Gasteiger partial charge in [-0.1, -0.05) is 19.3 Å². The molecule has 2 bridgehead atoms. The topological polar surface area (TPSA) is 62.6 Å². The largest absolute Gasteiger partial charge is 0.378 e. The molecule has 7 heteroatoms. The molecule has 0 spiro atoms. The first kappa shape index (κ1) is 20.3. The Morgan fingerprint density at radius 1 is 1.17 bits per heavy atom. The van der Waals surface area contributed by atoms with Gasteiger partial charge in [-0.3, -0.25) is 9.58 Å². The number of hydrogen-bond donors (Lipinski definition) is 1. The van der Waals surface area contributed by atoms with Gasteiger partial charge < -0.3 is 15.0 Å². The molecule has 7 nitrogen and oxygen atoms in total. The standard InChI is InChI=1S/C23H37N5O2/c1-26-22(14-21(25-26)17-5-3-2-4-6-17)20-16-28-8-7-18(20)13-19(28)15-24-23(29)27-9-11-30-12-10-27/h14,17-20H,2-13,15-16H2,1H3,(H,24,29). The first-order valence-corrected chi connectivity index (χ1v) is 12.1. The van der Waals surface area contributed by atoms with Crippen molar-refractivity contribution in [2.24, 2.45) is 13.0 Å². The van der Waals surface area contributed by atoms with Gasteiger partial charge in [-0.25, -0.2) is 4.79 Å². The van der Waals surface area contributed by atoms with Crippen molar-refractivity contribution in [3.63, 3.8) is 0 Å². The Balaban J connectivity index is 1.19. The Morgan fingerprint density at radius 2 is 1.97 bits per heavy atom. The number of urea groups is 1. The summed E-state index contributed by atoms with van der Waals surface area (Å²) in [5, 5.41) is 8.14. The quantitative estimate of drug-likeness (QED) is 0.821. The maximum Gasteiger partial charge on any atom is 0.317 e. The van der Waals surface area contributed by atoms with E-state index in [1.165, 1.54) is 56.3 Å². The van der Waals surface area contributed by atoms with Gasteiger partial charge in [-0.15, -0.1) is 0 Å². The van der Waals surface area contributed by atoms with Gasteiger partial charge in [0.05, 0.1) is 18.9 Å². The van der Waals surface area contributed by atoms with Crippen LogP contribution in [0.2, 0.25) is 0 Å². The Morgan fingerprint density at radius 3 is 2.70 bits per heavy atom. The van der Waals surface area contributed by atoms with Crippen LogP contribution in [-0.4, -0.2) is 77.6 Å². The van der Waals surface area contributed by atoms with Gasteiger partial charge in [-0.2, -0.15) is 5.10 Å². The average Bonchev–Trinajstić information content (AvgIpc) is 3.20. The van der Waals surface area contributed by atoms with Crippen LogP contribution < -0.4 is 5.32 Å². The highest BCUT2D eigenvalue weighted by Gasteiger charge is 2.42. The molecule has 5 aliphatic rings. The molecule has 0 radical (unpaired) electrons. The lowest BCUT2D eigenvalue weighted by Gasteiger charge is -2.50. The monoisotopic (exact) mass is 415 g/mol. The third-order valence-corrected chi connectivity index (χ3v) is 8.00. The van der Waals surface area contributed by atoms with E-state index in [1.807, 2.05) is 4.90 Å². The number of hydrogen-bond acceptors (Lipinski definition) is 4. The van der Waals surface area contributed by atoms with Crippen LogP contribution in [-0.2, 0) is 11.8 Å². The summed E-state index contributed by atoms with van der Waals surface area (Å²) >= 11 is 0. The fraction of sp³-hybridized carbons (Fsp3) is 0.826. The number of piperidine rings is 3. The van der Waals surface area contributed by atoms with E-state index in [0.29, 0.717) is 50.1 Å². The molecule has 1 N–H and O–H groups in total. The smallest absolute Gasteiger partial charge is 0.317 e. The summed E-state index contributed by atoms with van der Waals surface area (Å²) in [6.07, 6.45) is 9.16. The summed E-state index contributed by atoms with van der Waals surface area (Å²) in [5.74, 6) is 1.96. The number of fused-ring (bicyclic) bond motifs is 3. The number of nitrogens with zero attached hydrogens (tertiary/aromatic N) is 4. The molecule has 1 aromatic heterocycles. The zero-order valence-electron chi connectivity index (χ0n) is 18.4. The van der Waals surface area contributed by atoms with Crippen LogP contribution in [0.5, 0.6) is 0 Å². The number of rotatable bonds is 4. The second-order valence-electron chi connectivity index (χ2n) is 9.78. The molecule has 4 atom stereocenters. The summed E-state index contributed by atoms with van der Waals surface area (Å²) in [4.78, 5) is 16.9. The molecule has 5 fully saturated rings. The van der Waals surface area contributed by atoms with Gasteiger partial charge in [-0.05, 0) is 44.2 Å². The normalized spacial score (nSPS) is 32.4. The first-order valence-electron chi connectivity index (χ1n) is 12.1. The van der Waals surface area contributed by atoms with E-state index in [0.717, 1.165) is 19.6 Å². The first-order chi connectivity index (χ1) is 14.7. The molecule has 4 saturated heterocycles. The van der Waals surface area contributed by atoms with Crippen molar-refractivity contribution >= 4 is 6.03 Å². The van der Waals surface area contributed by atoms with Crippen LogP contribution >= 0.6 is 0 Å². The molecule has 1 saturated carbocycles. The minimum Gasteiger partial charge on any atom is -0.378 e. The van der Waals surface area contributed by atoms with Gasteiger partial charge >= 0.3 is 6.03 Å². The van der Waals surface area contributed by atoms with Gasteiger partial charge in [0.25, 0.3) is 0 Å². The summed E-state index contributed by atoms with van der Waals surface area (Å²) in [7, 11) is 2.14. The molecule has 4 unspecified atom stereocenters. The maximum absolute atomic E-state index is 12.5. The summed E-state index contributed by atoms with van der Waals surface area (Å²) < 4.78 is 7.52. The molecule has 30 heavy (non-hydrogen) atoms. The zero-order valence-corrected chi connectivity index (χ0v) is 18.4. The Bertz CT molecular complexity index is 738. The third-order valence-electron chi connectivity index (χ3n) is 8.00. The Hall–Kier alpha value is -1.60. The second kappa shape index (κ2) is 8.87. The average molecular weight is 416 g/mol. The van der Waals surface area contributed by atoms with E-state index in [2.05, 4.69) is 28.0 Å². The molecule has 166 valence electrons. The highest BCUT2D eigenvalue weighted by molar-refractivity contribution is 5.74. The van der Waals surface area contributed by atoms with Gasteiger partial charge in [0.15, 0.2) is 0 Å². The maximum atomic E-state index is 12.5. The lowest BCUT2D eigenvalue weighted by molar-refractivity contribution is 0.0265. The number of morpholine rings is 1. The second-order valence-corrected chi connectivity index (χ2v) is 9.78. The minimum atomic E-state index is 0.0706. The molecule has 4 aliphatic heterocycles. The van der Waals surface area contributed by atoms with E-state index in [9.17, 15) is 4.79 Å². The molecule has 5 heterocycles. The van der Waals surface area contributed by atoms with Crippen molar-refractivity contribution < 1.29 is 9.53 Å². The van der Waals surface area contributed by atoms with Crippen LogP contribution in [0, 0.1) is 5.92 Å². The SMILES string of the molecule is Cn1nc(C2CCCCC2)cc1C1CN2CCC1CC2CNC(=O)N1CCOCC1. The number of ether oxygens (including phenoxy) is 1. The number of aryl methyl sites for hydroxylation is 1. The van der Waals surface area contributed by atoms with Crippen LogP contribution in [0.15, 0.2) is 6.07 Å². The fourth-order valence-electron chi connectivity index (χ4n) is 6.22. The van der Waals surface area contributed by atoms with Crippen LogP contribution in [0.1, 0.15) is 68.2 Å². The molecular formula is C23H37N5O2. The molecular weight excluding hydrogens is 378 g/mol. The van der Waals surface area contributed by atoms with E-state index in [4.69, 9.17) is 9.84 Å². The summed E-state index contributed by atoms with van der Waals surface area (Å²) in [6.45, 7) is 5.74. The van der Waals surface area contributed by atoms with Crippen molar-refractivity contribution in [2.75, 3.05) is 45.9 Å². The van der Waals surface area contributed by atoms with Crippen molar-refractivity contribution in [3.8, 4) is 0 Å². The number of carbonyl (C=O) groups is 1. The molecule has 2 amide bonds. The fourth-order valence-corrected chi connectivity index (χ4v) is 6.22. The predicted octanol–water partition coefficient (Wildman–Crippen LogP) is 2.69. The molecule has 1 aliphatic carbocycles. The lowest BCUT2D eigenvalue weighted by Crippen LogP contribution is -2.57. The Labute approximate surface area is 180 Å². The van der Waals surface area contributed by atoms with Crippen LogP contribution in [0.3, 0.4) is 0 Å². The zero-order chi connectivity index (χ0) is 20.5. The lowest BCUT2D eigenvalue weighted by atomic mass is 9.74. The number of carbonyl (C=O) groups excluding carboxylic acids is 1. The third kappa shape index (κ3) is 4.11. The molecule has 6 rings (SSSR count). The molecule has 0 aromatic carbocycles. The van der Waals surface area contributed by atoms with Gasteiger partial charge in [0.1, 0.15) is 0 Å². The summed E-state index contributed by atoms with van der Waals surface area (Å²) in [6, 6.07) is 2.97. The van der Waals surface area contributed by atoms with Crippen LogP contribution in [0.4, 0.5) is 4.79 Å². The highest BCUT2D eigenvalue weighted by Crippen LogP contribution is 2.42. The number of amides is 2. The van der Waals surface area contributed by atoms with Crippen molar-refractivity contribution in [3.05, 3.63) is 17.5 Å². The van der Waals surface area contributed by atoms with E-state index < -0.39 is 0 Å². The van der Waals surface area contributed by atoms with Gasteiger partial charge in [0.2, 0.25) is 0 Å². The van der Waals surface area contributed by atoms with Crippen molar-refractivity contribution in [1.29, 1.82) is 0 Å². The molecule has 1 aromatic rings. The highest BCUT2D eigenvalue weighted by atomic mass is 16.5. The van der Waals surface area contributed by atoms with E-state index in [1.54, 1.807) is 0 Å². The van der Waals surface area contributed by atoms with E-state index >= 15 is 0 Å². The van der Waals surface area contributed by atoms with E-state index in [-0.39, 0.29) is 6.03 Å². The Kier molecular flexibility index (Phi) is 6.01. The van der Waals surface area contributed by atoms with Gasteiger partial charge in [0, 0.05) is 56.8 Å². The number of aromatic nitrogens is 2. The summed E-state index contributed by atoms with van der Waals surface area (Å²) in [5.41, 5.74) is 2.76. The van der Waals surface area contributed by atoms with Crippen molar-refractivity contribution in [2.45, 2.75) is 62.8 Å². The predicted molar refractivity (Wildman–Crippen MR) is 116 cm³/mol. The minimum absolute atomic E-state index is 0.0706. The van der Waals surface area contributed by atoms with Crippen LogP contribution in [0.25, 0.3) is 0 Å². The number of nitrogens with one attached hydrogen (secondary N) is 1. The van der Waals surface area contributed by atoms with Crippen molar-refractivity contribution in [1.82, 2.24) is 24.9 Å².